The summed E-state index contributed by atoms with van der Waals surface area (Å²) in [4.78, 5) is 2.67. The molecule has 2 heteroatoms. The molecule has 0 saturated carbocycles. The third kappa shape index (κ3) is 4.84. The number of nitrogens with one attached hydrogen (secondary N) is 1. The van der Waals surface area contributed by atoms with Gasteiger partial charge < -0.3 is 10.2 Å². The molecule has 0 aromatic rings. The first kappa shape index (κ1) is 14.0. The summed E-state index contributed by atoms with van der Waals surface area (Å²) in [5, 5.41) is 3.39. The maximum absolute atomic E-state index is 3.39. The third-order valence-electron chi connectivity index (χ3n) is 3.99. The van der Waals surface area contributed by atoms with Crippen molar-refractivity contribution >= 4 is 0 Å². The molecule has 2 nitrogen and oxygen atoms in total. The van der Waals surface area contributed by atoms with Gasteiger partial charge in [-0.1, -0.05) is 20.3 Å². The van der Waals surface area contributed by atoms with Crippen LogP contribution in [0, 0.1) is 5.92 Å². The number of nitrogens with zero attached hydrogens (tertiary/aromatic N) is 1. The smallest absolute Gasteiger partial charge is 0.00619 e. The van der Waals surface area contributed by atoms with Crippen LogP contribution in [0.3, 0.4) is 0 Å². The van der Waals surface area contributed by atoms with Crippen molar-refractivity contribution < 1.29 is 0 Å². The zero-order valence-corrected chi connectivity index (χ0v) is 11.5. The Balaban J connectivity index is 2.06. The Kier molecular flexibility index (Phi) is 7.06. The van der Waals surface area contributed by atoms with Gasteiger partial charge in [0.25, 0.3) is 0 Å². The molecule has 1 aliphatic heterocycles. The highest BCUT2D eigenvalue weighted by atomic mass is 15.1. The first-order valence-corrected chi connectivity index (χ1v) is 7.19. The van der Waals surface area contributed by atoms with E-state index < -0.39 is 0 Å². The zero-order valence-electron chi connectivity index (χ0n) is 11.5. The molecule has 0 aliphatic carbocycles. The largest absolute Gasteiger partial charge is 0.317 e. The first-order valence-electron chi connectivity index (χ1n) is 7.19. The van der Waals surface area contributed by atoms with E-state index >= 15 is 0 Å². The Morgan fingerprint density at radius 2 is 2.19 bits per heavy atom. The molecule has 0 radical (unpaired) electrons. The molecule has 0 aromatic carbocycles. The van der Waals surface area contributed by atoms with Gasteiger partial charge in [0.05, 0.1) is 0 Å². The van der Waals surface area contributed by atoms with Crippen molar-refractivity contribution in [1.29, 1.82) is 0 Å². The van der Waals surface area contributed by atoms with Gasteiger partial charge in [0.2, 0.25) is 0 Å². The molecule has 1 fully saturated rings. The van der Waals surface area contributed by atoms with Crippen molar-refractivity contribution in [3.05, 3.63) is 0 Å². The Morgan fingerprint density at radius 3 is 2.81 bits per heavy atom. The second-order valence-corrected chi connectivity index (χ2v) is 5.28. The lowest BCUT2D eigenvalue weighted by molar-refractivity contribution is 0.304. The topological polar surface area (TPSA) is 15.3 Å². The number of hydrogen-bond acceptors (Lipinski definition) is 2. The predicted molar refractivity (Wildman–Crippen MR) is 71.8 cm³/mol. The Labute approximate surface area is 102 Å². The van der Waals surface area contributed by atoms with E-state index in [-0.39, 0.29) is 0 Å². The van der Waals surface area contributed by atoms with Gasteiger partial charge in [-0.2, -0.15) is 0 Å². The molecule has 2 atom stereocenters. The SMILES string of the molecule is CCCC1CCN(CCCC(CC)NC)C1. The molecule has 0 bridgehead atoms. The van der Waals surface area contributed by atoms with Gasteiger partial charge in [-0.15, -0.1) is 0 Å². The summed E-state index contributed by atoms with van der Waals surface area (Å²) in [5.41, 5.74) is 0. The normalized spacial score (nSPS) is 23.8. The van der Waals surface area contributed by atoms with Crippen molar-refractivity contribution in [2.24, 2.45) is 5.92 Å². The molecule has 1 aliphatic rings. The summed E-state index contributed by atoms with van der Waals surface area (Å²) < 4.78 is 0. The van der Waals surface area contributed by atoms with E-state index in [1.807, 2.05) is 0 Å². The van der Waals surface area contributed by atoms with Gasteiger partial charge in [0.1, 0.15) is 0 Å². The van der Waals surface area contributed by atoms with Crippen LogP contribution >= 0.6 is 0 Å². The molecule has 1 rings (SSSR count). The van der Waals surface area contributed by atoms with Gasteiger partial charge >= 0.3 is 0 Å². The Hall–Kier alpha value is -0.0800. The quantitative estimate of drug-likeness (QED) is 0.684. The summed E-state index contributed by atoms with van der Waals surface area (Å²) in [5.74, 6) is 0.997. The van der Waals surface area contributed by atoms with Gasteiger partial charge in [-0.3, -0.25) is 0 Å². The maximum Gasteiger partial charge on any atom is 0.00619 e. The molecular weight excluding hydrogens is 196 g/mol. The fourth-order valence-corrected chi connectivity index (χ4v) is 2.87. The minimum atomic E-state index is 0.731. The standard InChI is InChI=1S/C14H30N2/c1-4-7-13-9-11-16(12-13)10-6-8-14(5-2)15-3/h13-15H,4-12H2,1-3H3. The van der Waals surface area contributed by atoms with Gasteiger partial charge in [-0.25, -0.2) is 0 Å². The predicted octanol–water partition coefficient (Wildman–Crippen LogP) is 2.89. The fourth-order valence-electron chi connectivity index (χ4n) is 2.87. The number of likely N-dealkylation sites (tertiary alicyclic amines) is 1. The number of rotatable bonds is 8. The van der Waals surface area contributed by atoms with Gasteiger partial charge in [0.15, 0.2) is 0 Å². The molecule has 1 N–H and O–H groups in total. The van der Waals surface area contributed by atoms with Crippen LogP contribution in [0.4, 0.5) is 0 Å². The fraction of sp³-hybridized carbons (Fsp3) is 1.00. The summed E-state index contributed by atoms with van der Waals surface area (Å²) in [6.07, 6.45) is 8.19. The van der Waals surface area contributed by atoms with E-state index in [0.29, 0.717) is 0 Å². The molecule has 1 saturated heterocycles. The second-order valence-electron chi connectivity index (χ2n) is 5.28. The molecule has 0 amide bonds. The summed E-state index contributed by atoms with van der Waals surface area (Å²) in [6.45, 7) is 8.61. The highest BCUT2D eigenvalue weighted by molar-refractivity contribution is 4.75. The van der Waals surface area contributed by atoms with Crippen molar-refractivity contribution in [3.8, 4) is 0 Å². The minimum absolute atomic E-state index is 0.731. The highest BCUT2D eigenvalue weighted by Crippen LogP contribution is 2.21. The lowest BCUT2D eigenvalue weighted by Gasteiger charge is -2.18. The molecule has 2 unspecified atom stereocenters. The average molecular weight is 226 g/mol. The van der Waals surface area contributed by atoms with Crippen molar-refractivity contribution in [2.45, 2.75) is 58.4 Å². The molecular formula is C14H30N2. The van der Waals surface area contributed by atoms with Gasteiger partial charge in [-0.05, 0) is 58.2 Å². The minimum Gasteiger partial charge on any atom is -0.317 e. The highest BCUT2D eigenvalue weighted by Gasteiger charge is 2.20. The van der Waals surface area contributed by atoms with Crippen LogP contribution in [0.15, 0.2) is 0 Å². The van der Waals surface area contributed by atoms with Crippen LogP contribution in [-0.4, -0.2) is 37.6 Å². The van der Waals surface area contributed by atoms with E-state index in [1.54, 1.807) is 0 Å². The lowest BCUT2D eigenvalue weighted by Crippen LogP contribution is -2.27. The first-order chi connectivity index (χ1) is 7.80. The van der Waals surface area contributed by atoms with E-state index in [2.05, 4.69) is 31.1 Å². The van der Waals surface area contributed by atoms with Crippen molar-refractivity contribution in [2.75, 3.05) is 26.7 Å². The summed E-state index contributed by atoms with van der Waals surface area (Å²) in [6, 6.07) is 0.731. The average Bonchev–Trinajstić information content (AvgIpc) is 2.73. The van der Waals surface area contributed by atoms with Crippen LogP contribution in [0.1, 0.15) is 52.4 Å². The van der Waals surface area contributed by atoms with E-state index in [4.69, 9.17) is 0 Å². The van der Waals surface area contributed by atoms with Crippen LogP contribution in [0.2, 0.25) is 0 Å². The summed E-state index contributed by atoms with van der Waals surface area (Å²) >= 11 is 0. The zero-order chi connectivity index (χ0) is 11.8. The number of hydrogen-bond donors (Lipinski definition) is 1. The molecule has 0 spiro atoms. The van der Waals surface area contributed by atoms with Crippen molar-refractivity contribution in [3.63, 3.8) is 0 Å². The van der Waals surface area contributed by atoms with Crippen LogP contribution < -0.4 is 5.32 Å². The van der Waals surface area contributed by atoms with E-state index in [9.17, 15) is 0 Å². The van der Waals surface area contributed by atoms with E-state index in [0.717, 1.165) is 12.0 Å². The van der Waals surface area contributed by atoms with Crippen molar-refractivity contribution in [1.82, 2.24) is 10.2 Å². The van der Waals surface area contributed by atoms with E-state index in [1.165, 1.54) is 58.2 Å². The maximum atomic E-state index is 3.39. The Morgan fingerprint density at radius 1 is 1.38 bits per heavy atom. The lowest BCUT2D eigenvalue weighted by atomic mass is 10.0. The molecule has 0 aromatic heterocycles. The van der Waals surface area contributed by atoms with Crippen LogP contribution in [0.5, 0.6) is 0 Å². The second kappa shape index (κ2) is 8.08. The molecule has 96 valence electrons. The third-order valence-corrected chi connectivity index (χ3v) is 3.99. The van der Waals surface area contributed by atoms with Crippen LogP contribution in [0.25, 0.3) is 0 Å². The molecule has 1 heterocycles. The van der Waals surface area contributed by atoms with Crippen LogP contribution in [-0.2, 0) is 0 Å². The Bertz CT molecular complexity index is 166. The van der Waals surface area contributed by atoms with Gasteiger partial charge in [0, 0.05) is 12.6 Å². The molecule has 16 heavy (non-hydrogen) atoms. The monoisotopic (exact) mass is 226 g/mol. The summed E-state index contributed by atoms with van der Waals surface area (Å²) in [7, 11) is 2.08.